The van der Waals surface area contributed by atoms with Crippen LogP contribution in [-0.2, 0) is 13.5 Å². The summed E-state index contributed by atoms with van der Waals surface area (Å²) in [7, 11) is 2.02. The van der Waals surface area contributed by atoms with E-state index < -0.39 is 0 Å². The molecule has 1 unspecified atom stereocenters. The number of rotatable bonds is 5. The van der Waals surface area contributed by atoms with Gasteiger partial charge in [0, 0.05) is 69.6 Å². The molecule has 2 aromatic rings. The highest BCUT2D eigenvalue weighted by Crippen LogP contribution is 2.40. The van der Waals surface area contributed by atoms with Crippen molar-refractivity contribution in [3.8, 4) is 11.3 Å². The number of hydrogen-bond donors (Lipinski definition) is 1. The van der Waals surface area contributed by atoms with E-state index in [0.717, 1.165) is 62.5 Å². The van der Waals surface area contributed by atoms with Crippen LogP contribution in [-0.4, -0.2) is 74.7 Å². The van der Waals surface area contributed by atoms with Crippen LogP contribution >= 0.6 is 0 Å². The normalized spacial score (nSPS) is 20.7. The van der Waals surface area contributed by atoms with Crippen molar-refractivity contribution in [3.63, 3.8) is 0 Å². The van der Waals surface area contributed by atoms with Crippen molar-refractivity contribution in [2.45, 2.75) is 45.7 Å². The van der Waals surface area contributed by atoms with Crippen molar-refractivity contribution < 1.29 is 0 Å². The van der Waals surface area contributed by atoms with Gasteiger partial charge in [-0.2, -0.15) is 5.10 Å². The van der Waals surface area contributed by atoms with E-state index >= 15 is 0 Å². The first kappa shape index (κ1) is 20.2. The zero-order valence-electron chi connectivity index (χ0n) is 19.0. The number of allylic oxidation sites excluding steroid dienone is 1. The number of likely N-dealkylation sites (N-methyl/N-ethyl adjacent to an activating group) is 1. The number of nitrogens with one attached hydrogen (secondary N) is 1. The Morgan fingerprint density at radius 2 is 2.00 bits per heavy atom. The molecule has 1 atom stereocenters. The number of fused-ring (bicyclic) bond motifs is 3. The fraction of sp³-hybridized carbons (Fsp3) is 0.565. The summed E-state index contributed by atoms with van der Waals surface area (Å²) < 4.78 is 2.01. The molecule has 2 aromatic heterocycles. The maximum absolute atomic E-state index is 4.89. The van der Waals surface area contributed by atoms with Crippen LogP contribution in [0.25, 0.3) is 11.3 Å². The highest BCUT2D eigenvalue weighted by Gasteiger charge is 2.30. The van der Waals surface area contributed by atoms with Gasteiger partial charge >= 0.3 is 0 Å². The minimum atomic E-state index is -0.0296. The molecule has 0 radical (unpaired) electrons. The van der Waals surface area contributed by atoms with Gasteiger partial charge < -0.3 is 15.1 Å². The summed E-state index contributed by atoms with van der Waals surface area (Å²) in [5, 5.41) is 8.14. The molecular weight excluding hydrogens is 388 g/mol. The van der Waals surface area contributed by atoms with Crippen LogP contribution in [0.2, 0.25) is 0 Å². The number of nitrogens with zero attached hydrogens (tertiary/aromatic N) is 7. The van der Waals surface area contributed by atoms with Crippen molar-refractivity contribution >= 4 is 12.2 Å². The van der Waals surface area contributed by atoms with Gasteiger partial charge in [0.2, 0.25) is 5.95 Å². The predicted octanol–water partition coefficient (Wildman–Crippen LogP) is 2.64. The number of hydrogen-bond acceptors (Lipinski definition) is 7. The van der Waals surface area contributed by atoms with Crippen LogP contribution in [0.1, 0.15) is 50.1 Å². The Kier molecular flexibility index (Phi) is 5.25. The van der Waals surface area contributed by atoms with E-state index in [-0.39, 0.29) is 6.17 Å². The van der Waals surface area contributed by atoms with Gasteiger partial charge in [-0.05, 0) is 12.5 Å². The number of piperazine rings is 1. The molecule has 5 rings (SSSR count). The third kappa shape index (κ3) is 3.73. The zero-order valence-corrected chi connectivity index (χ0v) is 19.0. The molecule has 8 nitrogen and oxygen atoms in total. The number of aryl methyl sites for hydroxylation is 1. The van der Waals surface area contributed by atoms with Crippen LogP contribution in [0.4, 0.5) is 5.95 Å². The first-order chi connectivity index (χ1) is 15.0. The molecule has 8 heteroatoms. The Morgan fingerprint density at radius 3 is 2.68 bits per heavy atom. The van der Waals surface area contributed by atoms with Gasteiger partial charge in [0.25, 0.3) is 0 Å². The lowest BCUT2D eigenvalue weighted by molar-refractivity contribution is 0.170. The molecule has 1 aliphatic carbocycles. The Labute approximate surface area is 184 Å². The predicted molar refractivity (Wildman–Crippen MR) is 123 cm³/mol. The van der Waals surface area contributed by atoms with Crippen molar-refractivity contribution in [3.05, 3.63) is 34.9 Å². The zero-order chi connectivity index (χ0) is 21.5. The molecule has 2 aliphatic heterocycles. The summed E-state index contributed by atoms with van der Waals surface area (Å²) in [6.07, 6.45) is 7.86. The highest BCUT2D eigenvalue weighted by atomic mass is 15.3. The molecule has 4 heterocycles. The maximum atomic E-state index is 4.89. The molecule has 164 valence electrons. The van der Waals surface area contributed by atoms with Gasteiger partial charge in [0.15, 0.2) is 0 Å². The smallest absolute Gasteiger partial charge is 0.224 e. The molecule has 31 heavy (non-hydrogen) atoms. The van der Waals surface area contributed by atoms with Gasteiger partial charge in [0.1, 0.15) is 6.17 Å². The lowest BCUT2D eigenvalue weighted by Gasteiger charge is -2.36. The summed E-state index contributed by atoms with van der Waals surface area (Å²) in [6.45, 7) is 12.2. The molecule has 0 bridgehead atoms. The number of aromatic nitrogens is 4. The summed E-state index contributed by atoms with van der Waals surface area (Å²) in [5.41, 5.74) is 6.97. The monoisotopic (exact) mass is 420 g/mol. The van der Waals surface area contributed by atoms with Crippen LogP contribution in [0.15, 0.2) is 23.0 Å². The number of aliphatic imine (C=N–C) groups is 1. The molecule has 3 aliphatic rings. The topological polar surface area (TPSA) is 74.5 Å². The summed E-state index contributed by atoms with van der Waals surface area (Å²) in [4.78, 5) is 19.1. The Balaban J connectivity index is 1.28. The van der Waals surface area contributed by atoms with Crippen LogP contribution in [0, 0.1) is 0 Å². The second-order valence-corrected chi connectivity index (χ2v) is 8.95. The average molecular weight is 421 g/mol. The third-order valence-electron chi connectivity index (χ3n) is 6.59. The van der Waals surface area contributed by atoms with E-state index in [1.54, 1.807) is 0 Å². The lowest BCUT2D eigenvalue weighted by atomic mass is 10.0. The molecule has 1 saturated heterocycles. The maximum Gasteiger partial charge on any atom is 0.224 e. The standard InChI is InChI=1S/C23H32N8/c1-5-30-8-10-31(11-9-30)17-6-7-19(24-14-17)26-23-25-13-16-12-18-20(21(16)27-23)22(15(2)3)29(4)28-18/h6,13-15,19H,5,7-12H2,1-4H3,(H,25,26,27). The Morgan fingerprint density at radius 1 is 1.19 bits per heavy atom. The van der Waals surface area contributed by atoms with Crippen LogP contribution in [0.5, 0.6) is 0 Å². The van der Waals surface area contributed by atoms with E-state index in [1.165, 1.54) is 17.0 Å². The third-order valence-corrected chi connectivity index (χ3v) is 6.59. The summed E-state index contributed by atoms with van der Waals surface area (Å²) in [6, 6.07) is 0. The molecule has 0 saturated carbocycles. The van der Waals surface area contributed by atoms with Crippen molar-refractivity contribution in [1.29, 1.82) is 0 Å². The average Bonchev–Trinajstić information content (AvgIpc) is 3.28. The van der Waals surface area contributed by atoms with E-state index in [4.69, 9.17) is 15.1 Å². The quantitative estimate of drug-likeness (QED) is 0.684. The fourth-order valence-corrected chi connectivity index (χ4v) is 4.93. The van der Waals surface area contributed by atoms with Gasteiger partial charge in [0.05, 0.1) is 22.8 Å². The first-order valence-corrected chi connectivity index (χ1v) is 11.4. The minimum Gasteiger partial charge on any atom is -0.368 e. The van der Waals surface area contributed by atoms with Gasteiger partial charge in [-0.1, -0.05) is 26.8 Å². The van der Waals surface area contributed by atoms with E-state index in [1.807, 2.05) is 24.1 Å². The summed E-state index contributed by atoms with van der Waals surface area (Å²) >= 11 is 0. The number of anilines is 1. The van der Waals surface area contributed by atoms with E-state index in [2.05, 4.69) is 46.9 Å². The second-order valence-electron chi connectivity index (χ2n) is 8.95. The van der Waals surface area contributed by atoms with Crippen LogP contribution in [0.3, 0.4) is 0 Å². The van der Waals surface area contributed by atoms with E-state index in [9.17, 15) is 0 Å². The van der Waals surface area contributed by atoms with Crippen molar-refractivity contribution in [2.75, 3.05) is 38.0 Å². The van der Waals surface area contributed by atoms with Gasteiger partial charge in [-0.25, -0.2) is 9.97 Å². The molecule has 0 spiro atoms. The Bertz CT molecular complexity index is 1030. The molecule has 0 aromatic carbocycles. The molecular formula is C23H32N8. The highest BCUT2D eigenvalue weighted by molar-refractivity contribution is 5.79. The van der Waals surface area contributed by atoms with Crippen molar-refractivity contribution in [1.82, 2.24) is 29.5 Å². The number of dihydropyridines is 1. The molecule has 1 N–H and O–H groups in total. The van der Waals surface area contributed by atoms with Gasteiger partial charge in [-0.15, -0.1) is 0 Å². The fourth-order valence-electron chi connectivity index (χ4n) is 4.93. The second kappa shape index (κ2) is 8.07. The largest absolute Gasteiger partial charge is 0.368 e. The molecule has 1 fully saturated rings. The molecule has 0 amide bonds. The van der Waals surface area contributed by atoms with Crippen molar-refractivity contribution in [2.24, 2.45) is 12.0 Å². The first-order valence-electron chi connectivity index (χ1n) is 11.4. The summed E-state index contributed by atoms with van der Waals surface area (Å²) in [5.74, 6) is 1.03. The van der Waals surface area contributed by atoms with Crippen LogP contribution < -0.4 is 5.32 Å². The van der Waals surface area contributed by atoms with E-state index in [0.29, 0.717) is 11.9 Å². The van der Waals surface area contributed by atoms with Gasteiger partial charge in [-0.3, -0.25) is 9.67 Å². The Hall–Kier alpha value is -2.74. The SMILES string of the molecule is CCN1CCN(C2=CCC(Nc3ncc4c(n3)-c3c(nn(C)c3C(C)C)C4)N=C2)CC1. The minimum absolute atomic E-state index is 0.0296. The lowest BCUT2D eigenvalue weighted by Crippen LogP contribution is -2.46.